The average molecular weight is 291 g/mol. The molecular weight excluding hydrogens is 266 g/mol. The molecule has 21 heavy (non-hydrogen) atoms. The van der Waals surface area contributed by atoms with E-state index in [1.54, 1.807) is 11.9 Å². The highest BCUT2D eigenvalue weighted by Gasteiger charge is 2.29. The topological polar surface area (TPSA) is 49.8 Å². The van der Waals surface area contributed by atoms with Crippen LogP contribution >= 0.6 is 0 Å². The summed E-state index contributed by atoms with van der Waals surface area (Å²) in [5.74, 6) is 0.638. The van der Waals surface area contributed by atoms with Crippen LogP contribution in [0.25, 0.3) is 0 Å². The fourth-order valence-corrected chi connectivity index (χ4v) is 2.99. The van der Waals surface area contributed by atoms with Gasteiger partial charge in [0.05, 0.1) is 12.1 Å². The minimum Gasteiger partial charge on any atom is -0.484 e. The second-order valence-corrected chi connectivity index (χ2v) is 6.04. The Morgan fingerprint density at radius 3 is 2.48 bits per heavy atom. The highest BCUT2D eigenvalue weighted by Crippen LogP contribution is 2.23. The van der Waals surface area contributed by atoms with Crippen molar-refractivity contribution < 1.29 is 14.6 Å². The van der Waals surface area contributed by atoms with E-state index in [0.717, 1.165) is 42.6 Å². The van der Waals surface area contributed by atoms with Gasteiger partial charge in [-0.05, 0) is 49.9 Å². The fraction of sp³-hybridized carbons (Fsp3) is 0.588. The maximum absolute atomic E-state index is 12.2. The number of aliphatic hydroxyl groups is 1. The molecule has 0 heterocycles. The molecule has 1 aromatic carbocycles. The Morgan fingerprint density at radius 1 is 1.24 bits per heavy atom. The van der Waals surface area contributed by atoms with E-state index >= 15 is 0 Å². The van der Waals surface area contributed by atoms with E-state index < -0.39 is 6.10 Å². The third-order valence-corrected chi connectivity index (χ3v) is 4.14. The van der Waals surface area contributed by atoms with Gasteiger partial charge in [-0.1, -0.05) is 18.9 Å². The fourth-order valence-electron chi connectivity index (χ4n) is 2.99. The summed E-state index contributed by atoms with van der Waals surface area (Å²) in [4.78, 5) is 13.9. The van der Waals surface area contributed by atoms with Crippen molar-refractivity contribution in [2.45, 2.75) is 51.7 Å². The van der Waals surface area contributed by atoms with E-state index in [1.807, 2.05) is 26.0 Å². The molecule has 0 radical (unpaired) electrons. The third-order valence-electron chi connectivity index (χ3n) is 4.14. The van der Waals surface area contributed by atoms with Gasteiger partial charge in [0.15, 0.2) is 6.61 Å². The van der Waals surface area contributed by atoms with Gasteiger partial charge in [-0.2, -0.15) is 0 Å². The molecule has 4 nitrogen and oxygen atoms in total. The maximum atomic E-state index is 12.2. The molecule has 116 valence electrons. The number of ether oxygens (including phenoxy) is 1. The lowest BCUT2D eigenvalue weighted by molar-refractivity contribution is -0.137. The summed E-state index contributed by atoms with van der Waals surface area (Å²) in [7, 11) is 1.76. The summed E-state index contributed by atoms with van der Waals surface area (Å²) in [6.45, 7) is 4.03. The lowest BCUT2D eigenvalue weighted by atomic mass is 9.91. The van der Waals surface area contributed by atoms with Crippen molar-refractivity contribution >= 4 is 5.91 Å². The first-order valence-electron chi connectivity index (χ1n) is 7.62. The monoisotopic (exact) mass is 291 g/mol. The largest absolute Gasteiger partial charge is 0.484 e. The van der Waals surface area contributed by atoms with Crippen LogP contribution in [0.3, 0.4) is 0 Å². The zero-order chi connectivity index (χ0) is 15.4. The van der Waals surface area contributed by atoms with Gasteiger partial charge in [-0.15, -0.1) is 0 Å². The lowest BCUT2D eigenvalue weighted by Gasteiger charge is -2.35. The molecule has 0 bridgehead atoms. The van der Waals surface area contributed by atoms with Gasteiger partial charge in [0.1, 0.15) is 5.75 Å². The molecule has 0 saturated heterocycles. The number of hydrogen-bond acceptors (Lipinski definition) is 3. The van der Waals surface area contributed by atoms with Crippen molar-refractivity contribution in [3.63, 3.8) is 0 Å². The van der Waals surface area contributed by atoms with Gasteiger partial charge in [0.25, 0.3) is 5.91 Å². The summed E-state index contributed by atoms with van der Waals surface area (Å²) in [5.41, 5.74) is 2.24. The molecule has 1 N–H and O–H groups in total. The smallest absolute Gasteiger partial charge is 0.260 e. The van der Waals surface area contributed by atoms with Crippen molar-refractivity contribution in [3.05, 3.63) is 29.3 Å². The van der Waals surface area contributed by atoms with Gasteiger partial charge in [-0.3, -0.25) is 4.79 Å². The first-order chi connectivity index (χ1) is 9.97. The molecule has 1 saturated carbocycles. The Labute approximate surface area is 126 Å². The Balaban J connectivity index is 1.91. The van der Waals surface area contributed by atoms with Crippen LogP contribution in [-0.4, -0.2) is 41.7 Å². The molecule has 1 aliphatic carbocycles. The highest BCUT2D eigenvalue weighted by atomic mass is 16.5. The molecule has 1 aliphatic rings. The van der Waals surface area contributed by atoms with Crippen LogP contribution in [0.15, 0.2) is 18.2 Å². The van der Waals surface area contributed by atoms with E-state index in [9.17, 15) is 9.90 Å². The predicted octanol–water partition coefficient (Wildman–Crippen LogP) is 2.44. The number of carbonyl (C=O) groups is 1. The van der Waals surface area contributed by atoms with E-state index in [4.69, 9.17) is 4.74 Å². The van der Waals surface area contributed by atoms with Crippen molar-refractivity contribution in [3.8, 4) is 5.75 Å². The number of rotatable bonds is 4. The zero-order valence-corrected chi connectivity index (χ0v) is 13.1. The van der Waals surface area contributed by atoms with Gasteiger partial charge >= 0.3 is 0 Å². The quantitative estimate of drug-likeness (QED) is 0.927. The van der Waals surface area contributed by atoms with Gasteiger partial charge < -0.3 is 14.7 Å². The number of aliphatic hydroxyl groups excluding tert-OH is 1. The first kappa shape index (κ1) is 15.8. The lowest BCUT2D eigenvalue weighted by Crippen LogP contribution is -2.47. The number of carbonyl (C=O) groups excluding carboxylic acids is 1. The van der Waals surface area contributed by atoms with Crippen LogP contribution in [-0.2, 0) is 4.79 Å². The summed E-state index contributed by atoms with van der Waals surface area (Å²) in [6.07, 6.45) is 3.34. The summed E-state index contributed by atoms with van der Waals surface area (Å²) in [6, 6.07) is 5.85. The Kier molecular flexibility index (Phi) is 5.23. The standard InChI is InChI=1S/C17H25NO3/c1-12-8-13(2)10-14(9-12)21-11-17(20)18(3)15-6-4-5-7-16(15)19/h8-10,15-16,19H,4-7,11H2,1-3H3. The van der Waals surface area contributed by atoms with Crippen LogP contribution < -0.4 is 4.74 Å². The van der Waals surface area contributed by atoms with Gasteiger partial charge in [0.2, 0.25) is 0 Å². The van der Waals surface area contributed by atoms with E-state index in [1.165, 1.54) is 0 Å². The predicted molar refractivity (Wildman–Crippen MR) is 82.4 cm³/mol. The minimum absolute atomic E-state index is 0.0165. The minimum atomic E-state index is -0.408. The van der Waals surface area contributed by atoms with Gasteiger partial charge in [0, 0.05) is 7.05 Å². The van der Waals surface area contributed by atoms with E-state index in [2.05, 4.69) is 6.07 Å². The SMILES string of the molecule is Cc1cc(C)cc(OCC(=O)N(C)C2CCCCC2O)c1. The molecule has 2 unspecified atom stereocenters. The number of likely N-dealkylation sites (N-methyl/N-ethyl adjacent to an activating group) is 1. The molecule has 0 aliphatic heterocycles. The van der Waals surface area contributed by atoms with Crippen molar-refractivity contribution in [2.24, 2.45) is 0 Å². The second-order valence-electron chi connectivity index (χ2n) is 6.04. The molecule has 0 spiro atoms. The number of hydrogen-bond donors (Lipinski definition) is 1. The maximum Gasteiger partial charge on any atom is 0.260 e. The number of amides is 1. The van der Waals surface area contributed by atoms with Crippen molar-refractivity contribution in [1.82, 2.24) is 4.90 Å². The molecule has 1 aromatic rings. The normalized spacial score (nSPS) is 21.9. The molecule has 4 heteroatoms. The van der Waals surface area contributed by atoms with Crippen LogP contribution in [0.4, 0.5) is 0 Å². The van der Waals surface area contributed by atoms with Crippen molar-refractivity contribution in [2.75, 3.05) is 13.7 Å². The molecule has 1 amide bonds. The van der Waals surface area contributed by atoms with E-state index in [0.29, 0.717) is 0 Å². The third kappa shape index (κ3) is 4.21. The van der Waals surface area contributed by atoms with E-state index in [-0.39, 0.29) is 18.6 Å². The Hall–Kier alpha value is -1.55. The molecular formula is C17H25NO3. The molecule has 1 fully saturated rings. The van der Waals surface area contributed by atoms with Crippen LogP contribution in [0, 0.1) is 13.8 Å². The van der Waals surface area contributed by atoms with Crippen molar-refractivity contribution in [1.29, 1.82) is 0 Å². The van der Waals surface area contributed by atoms with Crippen LogP contribution in [0.5, 0.6) is 5.75 Å². The summed E-state index contributed by atoms with van der Waals surface area (Å²) in [5, 5.41) is 10.0. The Morgan fingerprint density at radius 2 is 1.86 bits per heavy atom. The second kappa shape index (κ2) is 6.94. The van der Waals surface area contributed by atoms with Gasteiger partial charge in [-0.25, -0.2) is 0 Å². The number of aryl methyl sites for hydroxylation is 2. The first-order valence-corrected chi connectivity index (χ1v) is 7.62. The molecule has 2 atom stereocenters. The number of nitrogens with zero attached hydrogens (tertiary/aromatic N) is 1. The Bertz CT molecular complexity index is 481. The molecule has 2 rings (SSSR count). The van der Waals surface area contributed by atoms with Crippen LogP contribution in [0.2, 0.25) is 0 Å². The molecule has 0 aromatic heterocycles. The summed E-state index contributed by atoms with van der Waals surface area (Å²) >= 11 is 0. The summed E-state index contributed by atoms with van der Waals surface area (Å²) < 4.78 is 5.60. The number of benzene rings is 1. The highest BCUT2D eigenvalue weighted by molar-refractivity contribution is 5.77. The van der Waals surface area contributed by atoms with Crippen LogP contribution in [0.1, 0.15) is 36.8 Å². The zero-order valence-electron chi connectivity index (χ0n) is 13.1. The average Bonchev–Trinajstić information content (AvgIpc) is 2.43.